The molecule has 1 saturated heterocycles. The highest BCUT2D eigenvalue weighted by atomic mass is 16.7. The molecule has 1 aromatic carbocycles. The summed E-state index contributed by atoms with van der Waals surface area (Å²) in [6.45, 7) is 6.31. The molecular weight excluding hydrogens is 398 g/mol. The number of rotatable bonds is 10. The second kappa shape index (κ2) is 11.1. The molecule has 8 heteroatoms. The molecule has 0 atom stereocenters. The van der Waals surface area contributed by atoms with Gasteiger partial charge in [0.2, 0.25) is 5.91 Å². The number of nitrogens with one attached hydrogen (secondary N) is 1. The fraction of sp³-hybridized carbons (Fsp3) is 0.522. The first-order valence-electron chi connectivity index (χ1n) is 11.0. The third-order valence-electron chi connectivity index (χ3n) is 5.39. The largest absolute Gasteiger partial charge is 0.351 e. The van der Waals surface area contributed by atoms with Crippen molar-refractivity contribution in [3.63, 3.8) is 0 Å². The molecule has 0 radical (unpaired) electrons. The number of carbonyl (C=O) groups excluding carboxylic acids is 3. The molecular formula is C23H31N3O5. The molecule has 1 aromatic heterocycles. The van der Waals surface area contributed by atoms with Crippen LogP contribution in [0.15, 0.2) is 30.5 Å². The van der Waals surface area contributed by atoms with Gasteiger partial charge in [-0.2, -0.15) is 0 Å². The molecule has 168 valence electrons. The van der Waals surface area contributed by atoms with E-state index in [4.69, 9.17) is 9.47 Å². The van der Waals surface area contributed by atoms with Crippen molar-refractivity contribution in [3.8, 4) is 0 Å². The second-order valence-corrected chi connectivity index (χ2v) is 7.51. The summed E-state index contributed by atoms with van der Waals surface area (Å²) in [7, 11) is 0. The van der Waals surface area contributed by atoms with Crippen LogP contribution in [0.25, 0.3) is 10.9 Å². The van der Waals surface area contributed by atoms with Crippen molar-refractivity contribution in [2.45, 2.75) is 45.9 Å². The van der Waals surface area contributed by atoms with Crippen molar-refractivity contribution < 1.29 is 23.9 Å². The van der Waals surface area contributed by atoms with Gasteiger partial charge in [-0.05, 0) is 39.2 Å². The van der Waals surface area contributed by atoms with Crippen molar-refractivity contribution >= 4 is 28.5 Å². The number of aromatic nitrogens is 1. The van der Waals surface area contributed by atoms with Gasteiger partial charge in [0.15, 0.2) is 6.29 Å². The van der Waals surface area contributed by atoms with Gasteiger partial charge in [-0.3, -0.25) is 14.4 Å². The Hall–Kier alpha value is -2.71. The molecule has 1 aliphatic heterocycles. The lowest BCUT2D eigenvalue weighted by Gasteiger charge is -2.27. The SMILES string of the molecule is CCOC(CNC(=O)C(=O)c1cn(CC(=O)N2CCCCC2)c2ccccc12)OCC. The number of para-hydroxylation sites is 1. The summed E-state index contributed by atoms with van der Waals surface area (Å²) in [6.07, 6.45) is 4.20. The molecule has 1 fully saturated rings. The average molecular weight is 430 g/mol. The normalized spacial score (nSPS) is 14.2. The molecule has 0 saturated carbocycles. The number of ether oxygens (including phenoxy) is 2. The Kier molecular flexibility index (Phi) is 8.20. The third kappa shape index (κ3) is 5.71. The first-order valence-corrected chi connectivity index (χ1v) is 11.0. The Morgan fingerprint density at radius 1 is 1.03 bits per heavy atom. The molecule has 2 amide bonds. The Bertz CT molecular complexity index is 911. The fourth-order valence-corrected chi connectivity index (χ4v) is 3.86. The molecule has 8 nitrogen and oxygen atoms in total. The van der Waals surface area contributed by atoms with Crippen LogP contribution in [0, 0.1) is 0 Å². The Morgan fingerprint density at radius 2 is 1.71 bits per heavy atom. The number of benzene rings is 1. The van der Waals surface area contributed by atoms with Gasteiger partial charge in [-0.15, -0.1) is 0 Å². The minimum atomic E-state index is -0.727. The number of amides is 2. The van der Waals surface area contributed by atoms with E-state index in [1.165, 1.54) is 0 Å². The number of ketones is 1. The van der Waals surface area contributed by atoms with Gasteiger partial charge in [0.25, 0.3) is 11.7 Å². The Morgan fingerprint density at radius 3 is 2.39 bits per heavy atom. The quantitative estimate of drug-likeness (QED) is 0.356. The minimum absolute atomic E-state index is 0.0279. The van der Waals surface area contributed by atoms with E-state index in [-0.39, 0.29) is 24.6 Å². The zero-order chi connectivity index (χ0) is 22.2. The number of carbonyl (C=O) groups is 3. The van der Waals surface area contributed by atoms with Gasteiger partial charge in [-0.1, -0.05) is 18.2 Å². The van der Waals surface area contributed by atoms with Crippen LogP contribution in [-0.2, 0) is 25.6 Å². The van der Waals surface area contributed by atoms with E-state index in [0.29, 0.717) is 18.6 Å². The molecule has 2 heterocycles. The highest BCUT2D eigenvalue weighted by Gasteiger charge is 2.24. The summed E-state index contributed by atoms with van der Waals surface area (Å²) in [5.74, 6) is -1.35. The van der Waals surface area contributed by atoms with Gasteiger partial charge in [-0.25, -0.2) is 0 Å². The zero-order valence-electron chi connectivity index (χ0n) is 18.3. The summed E-state index contributed by atoms with van der Waals surface area (Å²) >= 11 is 0. The van der Waals surface area contributed by atoms with E-state index in [1.807, 2.05) is 36.9 Å². The molecule has 1 aliphatic rings. The van der Waals surface area contributed by atoms with Crippen molar-refractivity contribution in [3.05, 3.63) is 36.0 Å². The van der Waals surface area contributed by atoms with Crippen molar-refractivity contribution in [2.75, 3.05) is 32.8 Å². The lowest BCUT2D eigenvalue weighted by Crippen LogP contribution is -2.39. The van der Waals surface area contributed by atoms with Crippen LogP contribution in [0.3, 0.4) is 0 Å². The Labute approximate surface area is 182 Å². The van der Waals surface area contributed by atoms with Crippen molar-refractivity contribution in [1.82, 2.24) is 14.8 Å². The van der Waals surface area contributed by atoms with Crippen LogP contribution >= 0.6 is 0 Å². The zero-order valence-corrected chi connectivity index (χ0v) is 18.3. The topological polar surface area (TPSA) is 89.9 Å². The molecule has 0 spiro atoms. The number of likely N-dealkylation sites (tertiary alicyclic amines) is 1. The van der Waals surface area contributed by atoms with Crippen LogP contribution in [0.5, 0.6) is 0 Å². The standard InChI is InChI=1S/C23H31N3O5/c1-3-30-21(31-4-2)14-24-23(29)22(28)18-15-26(19-11-7-6-10-17(18)19)16-20(27)25-12-8-5-9-13-25/h6-7,10-11,15,21H,3-5,8-9,12-14,16H2,1-2H3,(H,24,29). The number of hydrogen-bond acceptors (Lipinski definition) is 5. The Balaban J connectivity index is 1.74. The predicted octanol–water partition coefficient (Wildman–Crippen LogP) is 2.35. The van der Waals surface area contributed by atoms with Gasteiger partial charge in [0.1, 0.15) is 6.54 Å². The predicted molar refractivity (Wildman–Crippen MR) is 117 cm³/mol. The maximum atomic E-state index is 12.9. The van der Waals surface area contributed by atoms with Crippen LogP contribution in [0.2, 0.25) is 0 Å². The lowest BCUT2D eigenvalue weighted by molar-refractivity contribution is -0.138. The summed E-state index contributed by atoms with van der Waals surface area (Å²) in [4.78, 5) is 40.0. The van der Waals surface area contributed by atoms with Crippen LogP contribution in [-0.4, -0.2) is 66.2 Å². The molecule has 31 heavy (non-hydrogen) atoms. The van der Waals surface area contributed by atoms with E-state index in [1.54, 1.807) is 16.8 Å². The van der Waals surface area contributed by atoms with Gasteiger partial charge < -0.3 is 24.3 Å². The molecule has 2 aromatic rings. The molecule has 0 unspecified atom stereocenters. The van der Waals surface area contributed by atoms with Crippen LogP contribution in [0.1, 0.15) is 43.5 Å². The first-order chi connectivity index (χ1) is 15.0. The highest BCUT2D eigenvalue weighted by Crippen LogP contribution is 2.22. The number of piperidine rings is 1. The smallest absolute Gasteiger partial charge is 0.292 e. The summed E-state index contributed by atoms with van der Waals surface area (Å²) in [6, 6.07) is 7.32. The maximum absolute atomic E-state index is 12.9. The molecule has 0 aliphatic carbocycles. The van der Waals surface area contributed by atoms with Crippen LogP contribution < -0.4 is 5.32 Å². The van der Waals surface area contributed by atoms with E-state index in [0.717, 1.165) is 37.9 Å². The van der Waals surface area contributed by atoms with E-state index in [2.05, 4.69) is 5.32 Å². The number of nitrogens with zero attached hydrogens (tertiary/aromatic N) is 2. The van der Waals surface area contributed by atoms with Crippen LogP contribution in [0.4, 0.5) is 0 Å². The second-order valence-electron chi connectivity index (χ2n) is 7.51. The third-order valence-corrected chi connectivity index (χ3v) is 5.39. The highest BCUT2D eigenvalue weighted by molar-refractivity contribution is 6.45. The van der Waals surface area contributed by atoms with Gasteiger partial charge in [0, 0.05) is 43.4 Å². The monoisotopic (exact) mass is 429 g/mol. The van der Waals surface area contributed by atoms with Gasteiger partial charge in [0.05, 0.1) is 12.1 Å². The maximum Gasteiger partial charge on any atom is 0.292 e. The van der Waals surface area contributed by atoms with Crippen molar-refractivity contribution in [2.24, 2.45) is 0 Å². The molecule has 1 N–H and O–H groups in total. The minimum Gasteiger partial charge on any atom is -0.351 e. The fourth-order valence-electron chi connectivity index (χ4n) is 3.86. The molecule has 3 rings (SSSR count). The lowest BCUT2D eigenvalue weighted by atomic mass is 10.1. The van der Waals surface area contributed by atoms with Crippen molar-refractivity contribution in [1.29, 1.82) is 0 Å². The average Bonchev–Trinajstić information content (AvgIpc) is 3.16. The summed E-state index contributed by atoms with van der Waals surface area (Å²) in [5.41, 5.74) is 1.04. The van der Waals surface area contributed by atoms with Gasteiger partial charge >= 0.3 is 0 Å². The van der Waals surface area contributed by atoms with E-state index in [9.17, 15) is 14.4 Å². The first kappa shape index (κ1) is 23.0. The summed E-state index contributed by atoms with van der Waals surface area (Å²) < 4.78 is 12.6. The van der Waals surface area contributed by atoms with E-state index >= 15 is 0 Å². The number of hydrogen-bond donors (Lipinski definition) is 1. The number of fused-ring (bicyclic) bond motifs is 1. The summed E-state index contributed by atoms with van der Waals surface area (Å²) in [5, 5.41) is 3.25. The van der Waals surface area contributed by atoms with E-state index < -0.39 is 18.0 Å². The molecule has 0 bridgehead atoms. The number of Topliss-reactive ketones (excluding diaryl/α,β-unsaturated/α-hetero) is 1.